The van der Waals surface area contributed by atoms with Gasteiger partial charge in [-0.25, -0.2) is 0 Å². The third kappa shape index (κ3) is 3.88. The number of aromatic hydroxyl groups is 1. The van der Waals surface area contributed by atoms with Gasteiger partial charge in [-0.05, 0) is 24.1 Å². The molecule has 2 N–H and O–H groups in total. The zero-order chi connectivity index (χ0) is 23.8. The molecular weight excluding hydrogens is 436 g/mol. The lowest BCUT2D eigenvalue weighted by atomic mass is 9.95. The van der Waals surface area contributed by atoms with Gasteiger partial charge >= 0.3 is 0 Å². The summed E-state index contributed by atoms with van der Waals surface area (Å²) in [5, 5.41) is 16.0. The van der Waals surface area contributed by atoms with Crippen molar-refractivity contribution in [2.75, 3.05) is 13.7 Å². The molecular formula is C25H26N4O5. The molecule has 176 valence electrons. The van der Waals surface area contributed by atoms with Gasteiger partial charge in [-0.15, -0.1) is 0 Å². The van der Waals surface area contributed by atoms with Crippen LogP contribution in [-0.2, 0) is 36.2 Å². The molecule has 1 amide bonds. The van der Waals surface area contributed by atoms with Crippen LogP contribution in [0, 0.1) is 0 Å². The molecule has 0 unspecified atom stereocenters. The number of aromatic nitrogens is 3. The van der Waals surface area contributed by atoms with Gasteiger partial charge in [0.15, 0.2) is 5.76 Å². The van der Waals surface area contributed by atoms with Crippen molar-refractivity contribution in [1.29, 1.82) is 0 Å². The van der Waals surface area contributed by atoms with Crippen molar-refractivity contribution in [3.8, 4) is 5.75 Å². The largest absolute Gasteiger partial charge is 0.502 e. The number of amides is 1. The van der Waals surface area contributed by atoms with Crippen LogP contribution in [0.15, 0.2) is 51.8 Å². The first-order valence-corrected chi connectivity index (χ1v) is 11.1. The zero-order valence-corrected chi connectivity index (χ0v) is 19.1. The minimum atomic E-state index is -0.686. The number of carbonyl (C=O) groups is 1. The minimum Gasteiger partial charge on any atom is -0.502 e. The Morgan fingerprint density at radius 2 is 2.15 bits per heavy atom. The standard InChI is InChI=1S/C25H26N4O5/c1-28-21(7-9-26-28)18(25-24(32)22(30)11-15(34-25)14-33-2)12-23(31)29-10-8-17-16-5-3-4-6-19(16)27-20(17)13-29/h3-7,9,11,18,27,32H,8,10,12-14H2,1-2H3/t18-/m0/s1. The first kappa shape index (κ1) is 22.0. The predicted molar refractivity (Wildman–Crippen MR) is 124 cm³/mol. The van der Waals surface area contributed by atoms with Crippen molar-refractivity contribution in [3.05, 3.63) is 81.3 Å². The molecule has 9 nitrogen and oxygen atoms in total. The molecule has 1 atom stereocenters. The highest BCUT2D eigenvalue weighted by molar-refractivity contribution is 5.86. The van der Waals surface area contributed by atoms with E-state index in [1.54, 1.807) is 28.9 Å². The fourth-order valence-corrected chi connectivity index (χ4v) is 4.77. The lowest BCUT2D eigenvalue weighted by Crippen LogP contribution is -2.36. The molecule has 9 heteroatoms. The summed E-state index contributed by atoms with van der Waals surface area (Å²) >= 11 is 0. The molecule has 0 radical (unpaired) electrons. The number of aryl methyl sites for hydroxylation is 1. The van der Waals surface area contributed by atoms with E-state index < -0.39 is 17.1 Å². The highest BCUT2D eigenvalue weighted by Crippen LogP contribution is 2.34. The molecule has 4 aromatic rings. The summed E-state index contributed by atoms with van der Waals surface area (Å²) in [4.78, 5) is 31.1. The summed E-state index contributed by atoms with van der Waals surface area (Å²) in [6.45, 7) is 1.13. The van der Waals surface area contributed by atoms with Crippen molar-refractivity contribution in [1.82, 2.24) is 19.7 Å². The van der Waals surface area contributed by atoms with Gasteiger partial charge in [-0.2, -0.15) is 5.10 Å². The van der Waals surface area contributed by atoms with Gasteiger partial charge in [0, 0.05) is 61.7 Å². The molecule has 1 aromatic carbocycles. The van der Waals surface area contributed by atoms with Crippen molar-refractivity contribution < 1.29 is 19.1 Å². The number of hydrogen-bond acceptors (Lipinski definition) is 6. The smallest absolute Gasteiger partial charge is 0.227 e. The van der Waals surface area contributed by atoms with Gasteiger partial charge in [0.1, 0.15) is 12.4 Å². The maximum atomic E-state index is 13.5. The van der Waals surface area contributed by atoms with Gasteiger partial charge in [0.25, 0.3) is 0 Å². The number of hydrogen-bond donors (Lipinski definition) is 2. The van der Waals surface area contributed by atoms with Crippen molar-refractivity contribution >= 4 is 16.8 Å². The van der Waals surface area contributed by atoms with Crippen LogP contribution in [0.3, 0.4) is 0 Å². The van der Waals surface area contributed by atoms with E-state index in [2.05, 4.69) is 16.1 Å². The van der Waals surface area contributed by atoms with Crippen molar-refractivity contribution in [2.45, 2.75) is 31.9 Å². The Labute approximate surface area is 195 Å². The Morgan fingerprint density at radius 1 is 1.32 bits per heavy atom. The highest BCUT2D eigenvalue weighted by atomic mass is 16.5. The number of aromatic amines is 1. The zero-order valence-electron chi connectivity index (χ0n) is 19.1. The third-order valence-corrected chi connectivity index (χ3v) is 6.43. The second-order valence-corrected chi connectivity index (χ2v) is 8.55. The lowest BCUT2D eigenvalue weighted by Gasteiger charge is -2.29. The van der Waals surface area contributed by atoms with Crippen LogP contribution >= 0.6 is 0 Å². The van der Waals surface area contributed by atoms with Crippen LogP contribution in [0.5, 0.6) is 5.75 Å². The molecule has 1 aliphatic heterocycles. The molecule has 0 fully saturated rings. The summed E-state index contributed by atoms with van der Waals surface area (Å²) in [6.07, 6.45) is 2.38. The average molecular weight is 463 g/mol. The van der Waals surface area contributed by atoms with E-state index in [9.17, 15) is 14.7 Å². The number of para-hydroxylation sites is 1. The number of ether oxygens (including phenoxy) is 1. The van der Waals surface area contributed by atoms with E-state index in [1.807, 2.05) is 18.2 Å². The van der Waals surface area contributed by atoms with Crippen LogP contribution in [0.25, 0.3) is 10.9 Å². The number of rotatable bonds is 6. The van der Waals surface area contributed by atoms with Gasteiger partial charge in [-0.3, -0.25) is 14.3 Å². The summed E-state index contributed by atoms with van der Waals surface area (Å²) < 4.78 is 12.6. The van der Waals surface area contributed by atoms with Crippen LogP contribution in [0.1, 0.15) is 40.8 Å². The maximum Gasteiger partial charge on any atom is 0.227 e. The van der Waals surface area contributed by atoms with E-state index in [0.29, 0.717) is 18.8 Å². The Hall–Kier alpha value is -3.85. The van der Waals surface area contributed by atoms with Crippen LogP contribution in [-0.4, -0.2) is 44.3 Å². The average Bonchev–Trinajstić information content (AvgIpc) is 3.42. The third-order valence-electron chi connectivity index (χ3n) is 6.43. The predicted octanol–water partition coefficient (Wildman–Crippen LogP) is 2.81. The number of methoxy groups -OCH3 is 1. The monoisotopic (exact) mass is 462 g/mol. The molecule has 3 aromatic heterocycles. The minimum absolute atomic E-state index is 0.0159. The quantitative estimate of drug-likeness (QED) is 0.456. The molecule has 0 saturated carbocycles. The molecule has 0 spiro atoms. The van der Waals surface area contributed by atoms with Crippen LogP contribution in [0.4, 0.5) is 0 Å². The summed E-state index contributed by atoms with van der Waals surface area (Å²) in [5.74, 6) is -0.973. The highest BCUT2D eigenvalue weighted by Gasteiger charge is 2.31. The normalized spacial score (nSPS) is 14.4. The first-order valence-electron chi connectivity index (χ1n) is 11.1. The van der Waals surface area contributed by atoms with Gasteiger partial charge in [0.2, 0.25) is 17.1 Å². The SMILES string of the molecule is COCc1cc(=O)c(O)c([C@@H](CC(=O)N2CCc3c([nH]c4ccccc34)C2)c2ccnn2C)o1. The second-order valence-electron chi connectivity index (χ2n) is 8.55. The Balaban J connectivity index is 1.47. The number of fused-ring (bicyclic) bond motifs is 3. The van der Waals surface area contributed by atoms with Gasteiger partial charge in [-0.1, -0.05) is 18.2 Å². The van der Waals surface area contributed by atoms with Crippen LogP contribution in [0.2, 0.25) is 0 Å². The molecule has 0 saturated heterocycles. The number of H-pyrrole nitrogens is 1. The Morgan fingerprint density at radius 3 is 2.91 bits per heavy atom. The van der Waals surface area contributed by atoms with E-state index in [1.165, 1.54) is 24.1 Å². The molecule has 0 bridgehead atoms. The number of nitrogens with one attached hydrogen (secondary N) is 1. The summed E-state index contributed by atoms with van der Waals surface area (Å²) in [5.41, 5.74) is 3.43. The molecule has 34 heavy (non-hydrogen) atoms. The Kier molecular flexibility index (Phi) is 5.70. The van der Waals surface area contributed by atoms with Gasteiger partial charge < -0.3 is 24.1 Å². The summed E-state index contributed by atoms with van der Waals surface area (Å²) in [7, 11) is 3.24. The van der Waals surface area contributed by atoms with E-state index in [0.717, 1.165) is 17.6 Å². The number of carbonyl (C=O) groups excluding carboxylic acids is 1. The van der Waals surface area contributed by atoms with Crippen molar-refractivity contribution in [3.63, 3.8) is 0 Å². The van der Waals surface area contributed by atoms with Gasteiger partial charge in [0.05, 0.1) is 12.5 Å². The maximum absolute atomic E-state index is 13.5. The number of benzene rings is 1. The van der Waals surface area contributed by atoms with Crippen LogP contribution < -0.4 is 5.43 Å². The number of nitrogens with zero attached hydrogens (tertiary/aromatic N) is 3. The molecule has 0 aliphatic carbocycles. The summed E-state index contributed by atoms with van der Waals surface area (Å²) in [6, 6.07) is 11.1. The molecule has 1 aliphatic rings. The Bertz CT molecular complexity index is 1420. The fraction of sp³-hybridized carbons (Fsp3) is 0.320. The first-order chi connectivity index (χ1) is 16.5. The van der Waals surface area contributed by atoms with E-state index >= 15 is 0 Å². The van der Waals surface area contributed by atoms with E-state index in [-0.39, 0.29) is 30.5 Å². The lowest BCUT2D eigenvalue weighted by molar-refractivity contribution is -0.132. The van der Waals surface area contributed by atoms with E-state index in [4.69, 9.17) is 9.15 Å². The molecule has 4 heterocycles. The van der Waals surface area contributed by atoms with Crippen molar-refractivity contribution in [2.24, 2.45) is 7.05 Å². The fourth-order valence-electron chi connectivity index (χ4n) is 4.77. The second kappa shape index (κ2) is 8.83. The topological polar surface area (TPSA) is 114 Å². The molecule has 5 rings (SSSR count).